The molecule has 0 saturated carbocycles. The summed E-state index contributed by atoms with van der Waals surface area (Å²) < 4.78 is 0. The first-order valence-electron chi connectivity index (χ1n) is 6.12. The van der Waals surface area contributed by atoms with Crippen molar-refractivity contribution < 1.29 is 0 Å². The van der Waals surface area contributed by atoms with Crippen molar-refractivity contribution in [1.29, 1.82) is 0 Å². The van der Waals surface area contributed by atoms with Crippen LogP contribution >= 0.6 is 11.6 Å². The minimum absolute atomic E-state index is 0.757. The van der Waals surface area contributed by atoms with Gasteiger partial charge in [0, 0.05) is 5.88 Å². The zero-order chi connectivity index (χ0) is 10.5. The smallest absolute Gasteiger partial charge is 0.0257 e. The van der Waals surface area contributed by atoms with Crippen molar-refractivity contribution in [2.45, 2.75) is 64.7 Å². The monoisotopic (exact) mass is 216 g/mol. The summed E-state index contributed by atoms with van der Waals surface area (Å²) in [5.41, 5.74) is 0. The van der Waals surface area contributed by atoms with E-state index in [2.05, 4.69) is 19.1 Å². The molecule has 0 aliphatic carbocycles. The van der Waals surface area contributed by atoms with Gasteiger partial charge < -0.3 is 0 Å². The second kappa shape index (κ2) is 13.0. The van der Waals surface area contributed by atoms with E-state index in [1.54, 1.807) is 0 Å². The third-order valence-electron chi connectivity index (χ3n) is 2.42. The first kappa shape index (κ1) is 14.0. The third kappa shape index (κ3) is 12.0. The highest BCUT2D eigenvalue weighted by Gasteiger charge is 1.88. The number of allylic oxidation sites excluding steroid dienone is 2. The van der Waals surface area contributed by atoms with Crippen LogP contribution in [0.4, 0.5) is 0 Å². The highest BCUT2D eigenvalue weighted by Crippen LogP contribution is 2.08. The Labute approximate surface area is 94.7 Å². The van der Waals surface area contributed by atoms with Crippen LogP contribution in [0.2, 0.25) is 0 Å². The van der Waals surface area contributed by atoms with Gasteiger partial charge in [-0.25, -0.2) is 0 Å². The van der Waals surface area contributed by atoms with E-state index in [-0.39, 0.29) is 0 Å². The molecule has 84 valence electrons. The average Bonchev–Trinajstić information content (AvgIpc) is 2.21. The van der Waals surface area contributed by atoms with Gasteiger partial charge in [0.05, 0.1) is 0 Å². The number of rotatable bonds is 10. The molecule has 1 heteroatoms. The van der Waals surface area contributed by atoms with Gasteiger partial charge in [0.2, 0.25) is 0 Å². The highest BCUT2D eigenvalue weighted by molar-refractivity contribution is 6.17. The lowest BCUT2D eigenvalue weighted by Gasteiger charge is -1.98. The van der Waals surface area contributed by atoms with Gasteiger partial charge >= 0.3 is 0 Å². The van der Waals surface area contributed by atoms with E-state index in [4.69, 9.17) is 11.6 Å². The zero-order valence-electron chi connectivity index (χ0n) is 9.60. The minimum atomic E-state index is 0.757. The lowest BCUT2D eigenvalue weighted by atomic mass is 10.1. The molecule has 0 N–H and O–H groups in total. The Bertz CT molecular complexity index is 118. The molecule has 0 aromatic heterocycles. The Morgan fingerprint density at radius 1 is 0.786 bits per heavy atom. The summed E-state index contributed by atoms with van der Waals surface area (Å²) in [6.45, 7) is 2.27. The molecule has 0 atom stereocenters. The van der Waals surface area contributed by atoms with E-state index in [9.17, 15) is 0 Å². The van der Waals surface area contributed by atoms with E-state index in [1.165, 1.54) is 51.4 Å². The Morgan fingerprint density at radius 2 is 1.36 bits per heavy atom. The molecule has 0 unspecified atom stereocenters. The number of hydrogen-bond acceptors (Lipinski definition) is 0. The molecular weight excluding hydrogens is 192 g/mol. The van der Waals surface area contributed by atoms with Crippen LogP contribution in [0.3, 0.4) is 0 Å². The standard InChI is InChI=1S/C13H25Cl/c1-2-3-4-5-6-7-8-9-10-11-12-13-14/h10-11H,2-9,12-13H2,1H3. The number of unbranched alkanes of at least 4 members (excludes halogenated alkanes) is 7. The van der Waals surface area contributed by atoms with Crippen molar-refractivity contribution in [3.8, 4) is 0 Å². The molecule has 14 heavy (non-hydrogen) atoms. The summed E-state index contributed by atoms with van der Waals surface area (Å²) >= 11 is 5.56. The van der Waals surface area contributed by atoms with Crippen LogP contribution in [0, 0.1) is 0 Å². The summed E-state index contributed by atoms with van der Waals surface area (Å²) in [7, 11) is 0. The maximum absolute atomic E-state index is 5.56. The van der Waals surface area contributed by atoms with E-state index >= 15 is 0 Å². The third-order valence-corrected chi connectivity index (χ3v) is 2.64. The molecule has 0 heterocycles. The molecule has 0 saturated heterocycles. The first-order valence-corrected chi connectivity index (χ1v) is 6.66. The Kier molecular flexibility index (Phi) is 13.1. The Balaban J connectivity index is 2.91. The molecule has 0 aliphatic rings. The van der Waals surface area contributed by atoms with Crippen LogP contribution in [0.5, 0.6) is 0 Å². The maximum Gasteiger partial charge on any atom is 0.0257 e. The first-order chi connectivity index (χ1) is 6.91. The van der Waals surface area contributed by atoms with Crippen LogP contribution in [0.1, 0.15) is 64.7 Å². The molecule has 0 aliphatic heterocycles. The SMILES string of the molecule is CCCCCCCCCC=CCCCl. The number of alkyl halides is 1. The average molecular weight is 217 g/mol. The van der Waals surface area contributed by atoms with Crippen LogP contribution in [0.25, 0.3) is 0 Å². The number of hydrogen-bond donors (Lipinski definition) is 0. The molecule has 0 fully saturated rings. The van der Waals surface area contributed by atoms with Gasteiger partial charge in [-0.05, 0) is 19.3 Å². The fraction of sp³-hybridized carbons (Fsp3) is 0.846. The number of halogens is 1. The summed E-state index contributed by atoms with van der Waals surface area (Å²) in [5.74, 6) is 0.757. The lowest BCUT2D eigenvalue weighted by Crippen LogP contribution is -1.79. The van der Waals surface area contributed by atoms with Crippen LogP contribution in [-0.4, -0.2) is 5.88 Å². The van der Waals surface area contributed by atoms with Crippen molar-refractivity contribution in [1.82, 2.24) is 0 Å². The second-order valence-corrected chi connectivity index (χ2v) is 4.24. The van der Waals surface area contributed by atoms with Gasteiger partial charge in [-0.15, -0.1) is 11.6 Å². The van der Waals surface area contributed by atoms with E-state index in [0.717, 1.165) is 12.3 Å². The topological polar surface area (TPSA) is 0 Å². The lowest BCUT2D eigenvalue weighted by molar-refractivity contribution is 0.592. The van der Waals surface area contributed by atoms with Gasteiger partial charge in [0.15, 0.2) is 0 Å². The Morgan fingerprint density at radius 3 is 2.00 bits per heavy atom. The summed E-state index contributed by atoms with van der Waals surface area (Å²) in [5, 5.41) is 0. The van der Waals surface area contributed by atoms with Crippen molar-refractivity contribution in [2.24, 2.45) is 0 Å². The van der Waals surface area contributed by atoms with E-state index < -0.39 is 0 Å². The van der Waals surface area contributed by atoms with Crippen LogP contribution < -0.4 is 0 Å². The van der Waals surface area contributed by atoms with Crippen molar-refractivity contribution in [3.05, 3.63) is 12.2 Å². The molecular formula is C13H25Cl. The largest absolute Gasteiger partial charge is 0.126 e. The minimum Gasteiger partial charge on any atom is -0.126 e. The molecule has 0 aromatic carbocycles. The fourth-order valence-corrected chi connectivity index (χ4v) is 1.64. The molecule has 0 spiro atoms. The summed E-state index contributed by atoms with van der Waals surface area (Å²) in [6, 6.07) is 0. The van der Waals surface area contributed by atoms with Gasteiger partial charge in [0.25, 0.3) is 0 Å². The van der Waals surface area contributed by atoms with Crippen LogP contribution in [-0.2, 0) is 0 Å². The molecule has 0 bridgehead atoms. The molecule has 0 aromatic rings. The van der Waals surface area contributed by atoms with Crippen molar-refractivity contribution in [2.75, 3.05) is 5.88 Å². The van der Waals surface area contributed by atoms with Gasteiger partial charge in [0.1, 0.15) is 0 Å². The molecule has 0 nitrogen and oxygen atoms in total. The Hall–Kier alpha value is 0.0300. The quantitative estimate of drug-likeness (QED) is 0.264. The fourth-order valence-electron chi connectivity index (χ4n) is 1.52. The van der Waals surface area contributed by atoms with Gasteiger partial charge in [-0.2, -0.15) is 0 Å². The maximum atomic E-state index is 5.56. The molecule has 0 rings (SSSR count). The van der Waals surface area contributed by atoms with Crippen molar-refractivity contribution >= 4 is 11.6 Å². The van der Waals surface area contributed by atoms with Gasteiger partial charge in [-0.3, -0.25) is 0 Å². The second-order valence-electron chi connectivity index (χ2n) is 3.86. The normalized spacial score (nSPS) is 11.3. The van der Waals surface area contributed by atoms with Crippen molar-refractivity contribution in [3.63, 3.8) is 0 Å². The predicted molar refractivity (Wildman–Crippen MR) is 67.1 cm³/mol. The van der Waals surface area contributed by atoms with E-state index in [0.29, 0.717) is 0 Å². The summed E-state index contributed by atoms with van der Waals surface area (Å²) in [4.78, 5) is 0. The predicted octanol–water partition coefficient (Wildman–Crippen LogP) is 5.31. The molecule has 0 amide bonds. The van der Waals surface area contributed by atoms with Gasteiger partial charge in [-0.1, -0.05) is 57.6 Å². The summed E-state index contributed by atoms with van der Waals surface area (Å²) in [6.07, 6.45) is 16.5. The zero-order valence-corrected chi connectivity index (χ0v) is 10.4. The van der Waals surface area contributed by atoms with E-state index in [1.807, 2.05) is 0 Å². The molecule has 0 radical (unpaired) electrons. The van der Waals surface area contributed by atoms with Crippen LogP contribution in [0.15, 0.2) is 12.2 Å². The highest BCUT2D eigenvalue weighted by atomic mass is 35.5.